The number of nitrogens with two attached hydrogens (primary N) is 2. The number of nitrogen functional groups attached to an aromatic ring is 1. The van der Waals surface area contributed by atoms with Crippen molar-refractivity contribution in [2.45, 2.75) is 62.7 Å². The number of anilines is 1. The number of alkyl carbamates (subject to hydrolysis) is 2. The summed E-state index contributed by atoms with van der Waals surface area (Å²) in [5, 5.41) is 5.41. The van der Waals surface area contributed by atoms with Crippen LogP contribution in [0, 0.1) is 11.8 Å². The molecule has 3 heterocycles. The highest BCUT2D eigenvalue weighted by Gasteiger charge is 2.38. The number of amides is 2. The van der Waals surface area contributed by atoms with Crippen molar-refractivity contribution < 1.29 is 56.7 Å². The molecule has 25 heteroatoms. The van der Waals surface area contributed by atoms with Gasteiger partial charge in [0, 0.05) is 37.1 Å². The van der Waals surface area contributed by atoms with Gasteiger partial charge in [-0.1, -0.05) is 55.0 Å². The second-order valence-corrected chi connectivity index (χ2v) is 19.2. The Hall–Kier alpha value is -2.37. The zero-order valence-corrected chi connectivity index (χ0v) is 37.6. The first kappa shape index (κ1) is 51.0. The molecule has 0 aliphatic carbocycles. The third kappa shape index (κ3) is 20.4. The second-order valence-electron chi connectivity index (χ2n) is 13.0. The van der Waals surface area contributed by atoms with Gasteiger partial charge in [0.05, 0.1) is 69.8 Å². The predicted octanol–water partition coefficient (Wildman–Crippen LogP) is 3.45. The van der Waals surface area contributed by atoms with Gasteiger partial charge in [0.25, 0.3) is 5.56 Å². The molecule has 1 saturated heterocycles. The Labute approximate surface area is 359 Å². The van der Waals surface area contributed by atoms with Gasteiger partial charge in [-0.25, -0.2) is 9.59 Å². The van der Waals surface area contributed by atoms with Gasteiger partial charge in [0.15, 0.2) is 5.65 Å². The summed E-state index contributed by atoms with van der Waals surface area (Å²) in [6.45, 7) is 7.47. The van der Waals surface area contributed by atoms with Crippen LogP contribution in [0.5, 0.6) is 0 Å². The van der Waals surface area contributed by atoms with Crippen molar-refractivity contribution in [3.05, 3.63) is 22.1 Å². The first-order valence-electron chi connectivity index (χ1n) is 18.7. The smallest absolute Gasteiger partial charge is 0.407 e. The number of hydrogen-bond donors (Lipinski definition) is 6. The average Bonchev–Trinajstić information content (AvgIpc) is 3.77. The minimum atomic E-state index is -3.19. The Morgan fingerprint density at radius 3 is 2.58 bits per heavy atom. The third-order valence-corrected chi connectivity index (χ3v) is 12.9. The maximum atomic E-state index is 12.9. The molecule has 1 fully saturated rings. The number of unbranched alkanes of at least 4 members (excludes halogenated alkanes) is 1. The molecule has 0 aromatic carbocycles. The molecule has 0 bridgehead atoms. The fourth-order valence-electron chi connectivity index (χ4n) is 5.17. The summed E-state index contributed by atoms with van der Waals surface area (Å²) in [6.07, 6.45) is 2.91. The molecule has 0 radical (unpaired) electrons. The number of nitrogens with one attached hydrogen (secondary N) is 3. The Kier molecular flexibility index (Phi) is 25.1. The second kappa shape index (κ2) is 29.0. The molecule has 1 aliphatic heterocycles. The molecule has 0 spiro atoms. The van der Waals surface area contributed by atoms with E-state index in [2.05, 4.69) is 46.3 Å². The van der Waals surface area contributed by atoms with E-state index < -0.39 is 44.4 Å². The Bertz CT molecular complexity index is 1720. The van der Waals surface area contributed by atoms with E-state index in [1.54, 1.807) is 32.4 Å². The Morgan fingerprint density at radius 2 is 1.81 bits per heavy atom. The van der Waals surface area contributed by atoms with Crippen LogP contribution in [-0.2, 0) is 42.2 Å². The normalized spacial score (nSPS) is 17.1. The predicted molar refractivity (Wildman–Crippen MR) is 232 cm³/mol. The van der Waals surface area contributed by atoms with Crippen LogP contribution < -0.4 is 27.7 Å². The lowest BCUT2D eigenvalue weighted by Gasteiger charge is -2.22. The van der Waals surface area contributed by atoms with Crippen LogP contribution in [0.15, 0.2) is 11.0 Å². The van der Waals surface area contributed by atoms with Gasteiger partial charge in [0.1, 0.15) is 24.2 Å². The lowest BCUT2D eigenvalue weighted by Crippen LogP contribution is -2.29. The van der Waals surface area contributed by atoms with E-state index in [1.165, 1.54) is 21.6 Å². The molecule has 2 unspecified atom stereocenters. The van der Waals surface area contributed by atoms with E-state index in [9.17, 15) is 23.8 Å². The first-order valence-corrected chi connectivity index (χ1v) is 25.0. The van der Waals surface area contributed by atoms with Crippen molar-refractivity contribution in [2.75, 3.05) is 96.4 Å². The highest BCUT2D eigenvalue weighted by molar-refractivity contribution is 8.77. The molecule has 3 rings (SSSR count). The summed E-state index contributed by atoms with van der Waals surface area (Å²) in [6, 6.07) is 0. The van der Waals surface area contributed by atoms with E-state index in [0.717, 1.165) is 0 Å². The number of aromatic nitrogens is 3. The Morgan fingerprint density at radius 1 is 1.07 bits per heavy atom. The van der Waals surface area contributed by atoms with E-state index in [4.69, 9.17) is 49.1 Å². The third-order valence-electron chi connectivity index (χ3n) is 7.97. The minimum Gasteiger partial charge on any atom is -0.450 e. The molecule has 4 atom stereocenters. The number of hydrogen-bond acceptors (Lipinski definition) is 19. The fourth-order valence-corrected chi connectivity index (χ4v) is 8.53. The highest BCUT2D eigenvalue weighted by Crippen LogP contribution is 2.38. The van der Waals surface area contributed by atoms with Gasteiger partial charge >= 0.3 is 20.4 Å². The monoisotopic (exact) mass is 929 g/mol. The quantitative estimate of drug-likeness (QED) is 0.0224. The fraction of sp³-hybridized carbons (Fsp3) is 0.706. The molecule has 20 nitrogen and oxygen atoms in total. The highest BCUT2D eigenvalue weighted by atomic mass is 33.1. The lowest BCUT2D eigenvalue weighted by molar-refractivity contribution is -0.0485. The molecule has 334 valence electrons. The van der Waals surface area contributed by atoms with Crippen molar-refractivity contribution in [3.63, 3.8) is 0 Å². The molecule has 8 N–H and O–H groups in total. The molecule has 2 amide bonds. The summed E-state index contributed by atoms with van der Waals surface area (Å²) in [4.78, 5) is 53.1. The van der Waals surface area contributed by atoms with Gasteiger partial charge in [-0.15, -0.1) is 0 Å². The maximum Gasteiger partial charge on any atom is 0.407 e. The molecular weight excluding hydrogens is 874 g/mol. The molecule has 2 aromatic heterocycles. The SMILES string of the molecule is CSSCOC1C[C@H](n2cc(C#CCNC(=O)OCCCCOCSSC(C)(C)CCOC(=O)NCCOCCOCCN)c3c(=O)[nH]c(N)nc32)O[C@@H]1CO[PH](=O)O. The number of rotatable bonds is 29. The van der Waals surface area contributed by atoms with Crippen LogP contribution in [0.1, 0.15) is 51.3 Å². The van der Waals surface area contributed by atoms with Gasteiger partial charge < -0.3 is 69.2 Å². The molecule has 0 saturated carbocycles. The molecule has 59 heavy (non-hydrogen) atoms. The topological polar surface area (TPSA) is 272 Å². The van der Waals surface area contributed by atoms with Crippen LogP contribution in [-0.4, -0.2) is 139 Å². The average molecular weight is 930 g/mol. The number of carbonyl (C=O) groups is 2. The standard InChI is InChI=1S/C34H56N7O13PS4/c1-34(2,8-14-51-33(44)38-11-16-48-18-17-47-15-9-35)59-58-22-49-12-4-5-13-50-32(43)37-10-6-7-24-20-41(29-28(24)30(42)40-31(36)39-29)27-19-25(52-23-57-56-3)26(54-27)21-53-55(45)46/h20,25-27,55H,4-5,8-19,21-23,35H2,1-3H3,(H,37,43)(H,38,44)(H,45,46)(H3,36,39,40,42)/t25?,26-,27-/m1/s1. The van der Waals surface area contributed by atoms with Crippen LogP contribution >= 0.6 is 51.4 Å². The van der Waals surface area contributed by atoms with Crippen molar-refractivity contribution in [1.29, 1.82) is 0 Å². The van der Waals surface area contributed by atoms with Crippen molar-refractivity contribution in [3.8, 4) is 11.8 Å². The molecule has 1 aliphatic rings. The number of ether oxygens (including phenoxy) is 7. The number of fused-ring (bicyclic) bond motifs is 1. The van der Waals surface area contributed by atoms with E-state index >= 15 is 0 Å². The van der Waals surface area contributed by atoms with Crippen LogP contribution in [0.25, 0.3) is 11.0 Å². The lowest BCUT2D eigenvalue weighted by atomic mass is 10.1. The van der Waals surface area contributed by atoms with Crippen molar-refractivity contribution >= 4 is 80.6 Å². The summed E-state index contributed by atoms with van der Waals surface area (Å²) in [5.74, 6) is 6.48. The zero-order valence-electron chi connectivity index (χ0n) is 33.4. The summed E-state index contributed by atoms with van der Waals surface area (Å²) < 4.78 is 56.5. The maximum absolute atomic E-state index is 12.9. The number of aromatic amines is 1. The number of H-pyrrole nitrogens is 1. The van der Waals surface area contributed by atoms with Crippen LogP contribution in [0.4, 0.5) is 15.5 Å². The van der Waals surface area contributed by atoms with Gasteiger partial charge in [-0.2, -0.15) is 4.98 Å². The van der Waals surface area contributed by atoms with Gasteiger partial charge in [0.2, 0.25) is 5.95 Å². The molecule has 2 aromatic rings. The van der Waals surface area contributed by atoms with Crippen molar-refractivity contribution in [1.82, 2.24) is 25.2 Å². The van der Waals surface area contributed by atoms with E-state index in [-0.39, 0.29) is 48.1 Å². The van der Waals surface area contributed by atoms with E-state index in [1.807, 2.05) is 6.26 Å². The van der Waals surface area contributed by atoms with Gasteiger partial charge in [-0.3, -0.25) is 14.3 Å². The van der Waals surface area contributed by atoms with Gasteiger partial charge in [-0.05, 0) is 39.4 Å². The van der Waals surface area contributed by atoms with E-state index in [0.29, 0.717) is 89.2 Å². The summed E-state index contributed by atoms with van der Waals surface area (Å²) in [5.41, 5.74) is 11.3. The largest absolute Gasteiger partial charge is 0.450 e. The number of carbonyl (C=O) groups excluding carboxylic acids is 2. The van der Waals surface area contributed by atoms with Crippen molar-refractivity contribution in [2.24, 2.45) is 5.73 Å². The Balaban J connectivity index is 1.31. The summed E-state index contributed by atoms with van der Waals surface area (Å²) >= 11 is 0. The summed E-state index contributed by atoms with van der Waals surface area (Å²) in [7, 11) is 3.06. The molecular formula is C34H56N7O13PS4. The number of nitrogens with zero attached hydrogens (tertiary/aromatic N) is 2. The van der Waals surface area contributed by atoms with Crippen LogP contribution in [0.3, 0.4) is 0 Å². The zero-order chi connectivity index (χ0) is 42.9. The van der Waals surface area contributed by atoms with Crippen LogP contribution in [0.2, 0.25) is 0 Å². The first-order chi connectivity index (χ1) is 28.4. The minimum absolute atomic E-state index is 0.0509.